The molecule has 0 radical (unpaired) electrons. The number of nitrogens with zero attached hydrogens (tertiary/aromatic N) is 2. The van der Waals surface area contributed by atoms with Crippen molar-refractivity contribution in [2.45, 2.75) is 58.3 Å². The average Bonchev–Trinajstić information content (AvgIpc) is 3.10. The standard InChI is InChI=1S/C22H34N4O/c1-3-5-11-25-13-9-17(10-14-25)20-16-24-21-8-7-18(15-19(20)21)26(22(23)27)12-6-4-2/h7-8,15-17,24H,3-6,9-14H2,1-2H3,(H2,23,27). The Morgan fingerprint density at radius 2 is 1.96 bits per heavy atom. The minimum absolute atomic E-state index is 0.371. The second-order valence-electron chi connectivity index (χ2n) is 7.79. The lowest BCUT2D eigenvalue weighted by molar-refractivity contribution is 0.210. The van der Waals surface area contributed by atoms with Crippen LogP contribution >= 0.6 is 0 Å². The van der Waals surface area contributed by atoms with Gasteiger partial charge >= 0.3 is 6.03 Å². The highest BCUT2D eigenvalue weighted by molar-refractivity contribution is 5.95. The van der Waals surface area contributed by atoms with Gasteiger partial charge in [-0.3, -0.25) is 4.90 Å². The SMILES string of the molecule is CCCCN1CCC(c2c[nH]c3ccc(N(CCCC)C(N)=O)cc23)CC1. The number of hydrogen-bond acceptors (Lipinski definition) is 2. The largest absolute Gasteiger partial charge is 0.361 e. The van der Waals surface area contributed by atoms with Gasteiger partial charge in [-0.25, -0.2) is 4.79 Å². The monoisotopic (exact) mass is 370 g/mol. The van der Waals surface area contributed by atoms with E-state index in [0.29, 0.717) is 12.5 Å². The van der Waals surface area contributed by atoms with Crippen LogP contribution < -0.4 is 10.6 Å². The molecule has 1 aliphatic rings. The number of amides is 2. The van der Waals surface area contributed by atoms with Crippen LogP contribution in [-0.4, -0.2) is 42.1 Å². The van der Waals surface area contributed by atoms with Crippen molar-refractivity contribution in [1.29, 1.82) is 0 Å². The third-order valence-corrected chi connectivity index (χ3v) is 5.87. The van der Waals surface area contributed by atoms with Crippen LogP contribution in [0.1, 0.15) is 63.9 Å². The molecule has 0 atom stereocenters. The quantitative estimate of drug-likeness (QED) is 0.699. The maximum absolute atomic E-state index is 11.9. The number of H-pyrrole nitrogens is 1. The lowest BCUT2D eigenvalue weighted by atomic mass is 9.89. The van der Waals surface area contributed by atoms with Crippen molar-refractivity contribution >= 4 is 22.6 Å². The van der Waals surface area contributed by atoms with Gasteiger partial charge in [0.15, 0.2) is 0 Å². The molecule has 2 heterocycles. The first-order chi connectivity index (χ1) is 13.1. The van der Waals surface area contributed by atoms with Crippen LogP contribution in [0.15, 0.2) is 24.4 Å². The molecule has 27 heavy (non-hydrogen) atoms. The van der Waals surface area contributed by atoms with Gasteiger partial charge in [-0.15, -0.1) is 0 Å². The average molecular weight is 371 g/mol. The van der Waals surface area contributed by atoms with Crippen molar-refractivity contribution in [3.63, 3.8) is 0 Å². The molecule has 0 aliphatic carbocycles. The highest BCUT2D eigenvalue weighted by Gasteiger charge is 2.23. The topological polar surface area (TPSA) is 65.4 Å². The number of benzene rings is 1. The first kappa shape index (κ1) is 19.7. The van der Waals surface area contributed by atoms with E-state index in [1.807, 2.05) is 6.07 Å². The molecule has 1 saturated heterocycles. The Bertz CT molecular complexity index is 746. The Morgan fingerprint density at radius 1 is 1.22 bits per heavy atom. The zero-order valence-electron chi connectivity index (χ0n) is 16.8. The molecule has 1 fully saturated rings. The van der Waals surface area contributed by atoms with Gasteiger partial charge in [0.25, 0.3) is 0 Å². The van der Waals surface area contributed by atoms with Crippen LogP contribution in [0.2, 0.25) is 0 Å². The van der Waals surface area contributed by atoms with Crippen molar-refractivity contribution in [2.24, 2.45) is 5.73 Å². The number of aromatic nitrogens is 1. The van der Waals surface area contributed by atoms with Crippen molar-refractivity contribution < 1.29 is 4.79 Å². The van der Waals surface area contributed by atoms with Gasteiger partial charge in [-0.05, 0) is 75.0 Å². The first-order valence-corrected chi connectivity index (χ1v) is 10.5. The van der Waals surface area contributed by atoms with E-state index in [0.717, 1.165) is 24.0 Å². The summed E-state index contributed by atoms with van der Waals surface area (Å²) in [5.74, 6) is 0.588. The Kier molecular flexibility index (Phi) is 6.78. The molecule has 1 aliphatic heterocycles. The van der Waals surface area contributed by atoms with E-state index in [9.17, 15) is 4.79 Å². The number of hydrogen-bond donors (Lipinski definition) is 2. The number of likely N-dealkylation sites (tertiary alicyclic amines) is 1. The number of carbonyl (C=O) groups is 1. The number of rotatable bonds is 8. The van der Waals surface area contributed by atoms with Crippen molar-refractivity contribution in [3.05, 3.63) is 30.0 Å². The van der Waals surface area contributed by atoms with E-state index < -0.39 is 0 Å². The maximum Gasteiger partial charge on any atom is 0.319 e. The predicted molar refractivity (Wildman–Crippen MR) is 113 cm³/mol. The summed E-state index contributed by atoms with van der Waals surface area (Å²) in [7, 11) is 0. The van der Waals surface area contributed by atoms with Gasteiger partial charge in [0.1, 0.15) is 0 Å². The van der Waals surface area contributed by atoms with E-state index in [1.54, 1.807) is 4.90 Å². The molecule has 1 aromatic carbocycles. The highest BCUT2D eigenvalue weighted by atomic mass is 16.2. The number of anilines is 1. The zero-order valence-corrected chi connectivity index (χ0v) is 16.8. The number of piperidine rings is 1. The number of unbranched alkanes of at least 4 members (excludes halogenated alkanes) is 2. The smallest absolute Gasteiger partial charge is 0.319 e. The first-order valence-electron chi connectivity index (χ1n) is 10.5. The summed E-state index contributed by atoms with van der Waals surface area (Å²) < 4.78 is 0. The molecule has 2 aromatic rings. The summed E-state index contributed by atoms with van der Waals surface area (Å²) in [5.41, 5.74) is 9.08. The number of primary amides is 1. The molecule has 5 nitrogen and oxygen atoms in total. The van der Waals surface area contributed by atoms with Crippen molar-refractivity contribution in [2.75, 3.05) is 31.1 Å². The molecule has 0 spiro atoms. The Labute approximate surface area is 162 Å². The molecule has 5 heteroatoms. The number of nitrogens with two attached hydrogens (primary N) is 1. The number of fused-ring (bicyclic) bond motifs is 1. The van der Waals surface area contributed by atoms with Crippen LogP contribution in [0.4, 0.5) is 10.5 Å². The molecule has 0 unspecified atom stereocenters. The van der Waals surface area contributed by atoms with Crippen LogP contribution in [0, 0.1) is 0 Å². The summed E-state index contributed by atoms with van der Waals surface area (Å²) in [6.45, 7) is 8.65. The molecule has 0 bridgehead atoms. The van der Waals surface area contributed by atoms with Gasteiger partial charge in [0.05, 0.1) is 0 Å². The summed E-state index contributed by atoms with van der Waals surface area (Å²) >= 11 is 0. The fourth-order valence-corrected chi connectivity index (χ4v) is 4.17. The molecule has 0 saturated carbocycles. The predicted octanol–water partition coefficient (Wildman–Crippen LogP) is 4.83. The molecule has 2 amide bonds. The van der Waals surface area contributed by atoms with Crippen molar-refractivity contribution in [1.82, 2.24) is 9.88 Å². The fraction of sp³-hybridized carbons (Fsp3) is 0.591. The number of carbonyl (C=O) groups excluding carboxylic acids is 1. The molecular formula is C22H34N4O. The van der Waals surface area contributed by atoms with Gasteiger partial charge in [0, 0.05) is 29.3 Å². The number of urea groups is 1. The second kappa shape index (κ2) is 9.27. The molecular weight excluding hydrogens is 336 g/mol. The van der Waals surface area contributed by atoms with Gasteiger partial charge < -0.3 is 15.6 Å². The van der Waals surface area contributed by atoms with Crippen LogP contribution in [0.5, 0.6) is 0 Å². The van der Waals surface area contributed by atoms with E-state index in [1.165, 1.54) is 56.3 Å². The van der Waals surface area contributed by atoms with E-state index >= 15 is 0 Å². The van der Waals surface area contributed by atoms with E-state index in [-0.39, 0.29) is 6.03 Å². The molecule has 148 valence electrons. The number of aromatic amines is 1. The molecule has 3 rings (SSSR count). The van der Waals surface area contributed by atoms with E-state index in [4.69, 9.17) is 5.73 Å². The second-order valence-corrected chi connectivity index (χ2v) is 7.79. The number of nitrogens with one attached hydrogen (secondary N) is 1. The minimum atomic E-state index is -0.371. The Balaban J connectivity index is 1.78. The summed E-state index contributed by atoms with van der Waals surface area (Å²) in [6.07, 6.45) is 9.13. The Hall–Kier alpha value is -2.01. The maximum atomic E-state index is 11.9. The third kappa shape index (κ3) is 4.64. The van der Waals surface area contributed by atoms with Gasteiger partial charge in [-0.2, -0.15) is 0 Å². The lowest BCUT2D eigenvalue weighted by Crippen LogP contribution is -2.36. The third-order valence-electron chi connectivity index (χ3n) is 5.87. The summed E-state index contributed by atoms with van der Waals surface area (Å²) in [4.78, 5) is 19.6. The molecule has 3 N–H and O–H groups in total. The van der Waals surface area contributed by atoms with Crippen LogP contribution in [0.25, 0.3) is 10.9 Å². The van der Waals surface area contributed by atoms with Crippen LogP contribution in [-0.2, 0) is 0 Å². The fourth-order valence-electron chi connectivity index (χ4n) is 4.17. The highest BCUT2D eigenvalue weighted by Crippen LogP contribution is 2.35. The normalized spacial score (nSPS) is 16.1. The van der Waals surface area contributed by atoms with Crippen molar-refractivity contribution in [3.8, 4) is 0 Å². The Morgan fingerprint density at radius 3 is 2.63 bits per heavy atom. The van der Waals surface area contributed by atoms with E-state index in [2.05, 4.69) is 42.1 Å². The summed E-state index contributed by atoms with van der Waals surface area (Å²) in [6, 6.07) is 5.84. The lowest BCUT2D eigenvalue weighted by Gasteiger charge is -2.32. The minimum Gasteiger partial charge on any atom is -0.361 e. The zero-order chi connectivity index (χ0) is 19.2. The van der Waals surface area contributed by atoms with Crippen LogP contribution in [0.3, 0.4) is 0 Å². The molecule has 1 aromatic heterocycles. The van der Waals surface area contributed by atoms with Gasteiger partial charge in [0.2, 0.25) is 0 Å². The summed E-state index contributed by atoms with van der Waals surface area (Å²) in [5, 5.41) is 1.24. The van der Waals surface area contributed by atoms with Gasteiger partial charge in [-0.1, -0.05) is 26.7 Å².